The second-order valence-corrected chi connectivity index (χ2v) is 8.57. The fraction of sp³-hybridized carbons (Fsp3) is 0.360. The summed E-state index contributed by atoms with van der Waals surface area (Å²) >= 11 is 3.45. The molecule has 1 atom stereocenters. The van der Waals surface area contributed by atoms with Gasteiger partial charge in [-0.05, 0) is 48.7 Å². The highest BCUT2D eigenvalue weighted by atomic mass is 79.9. The highest BCUT2D eigenvalue weighted by Crippen LogP contribution is 2.40. The van der Waals surface area contributed by atoms with Crippen molar-refractivity contribution in [3.8, 4) is 5.75 Å². The molecule has 0 aliphatic carbocycles. The Kier molecular flexibility index (Phi) is 8.10. The zero-order chi connectivity index (χ0) is 23.3. The molecule has 0 saturated carbocycles. The second-order valence-electron chi connectivity index (χ2n) is 7.72. The number of nitrogens with zero attached hydrogens (tertiary/aromatic N) is 1. The number of carbonyl (C=O) groups is 2. The van der Waals surface area contributed by atoms with E-state index in [-0.39, 0.29) is 24.5 Å². The van der Waals surface area contributed by atoms with Crippen LogP contribution >= 0.6 is 15.9 Å². The van der Waals surface area contributed by atoms with Gasteiger partial charge in [-0.1, -0.05) is 47.5 Å². The number of ketones is 1. The van der Waals surface area contributed by atoms with Crippen molar-refractivity contribution in [1.29, 1.82) is 0 Å². The van der Waals surface area contributed by atoms with Gasteiger partial charge in [0.1, 0.15) is 11.5 Å². The molecule has 1 saturated heterocycles. The number of aliphatic hydroxyl groups excluding tert-OH is 1. The normalized spacial score (nSPS) is 17.8. The van der Waals surface area contributed by atoms with E-state index in [0.717, 1.165) is 34.2 Å². The molecule has 1 aliphatic rings. The van der Waals surface area contributed by atoms with Gasteiger partial charge < -0.3 is 19.5 Å². The first-order chi connectivity index (χ1) is 15.4. The number of methoxy groups -OCH3 is 1. The van der Waals surface area contributed by atoms with E-state index in [1.807, 2.05) is 37.3 Å². The van der Waals surface area contributed by atoms with Gasteiger partial charge in [0.15, 0.2) is 0 Å². The number of ether oxygens (including phenoxy) is 2. The zero-order valence-electron chi connectivity index (χ0n) is 18.6. The van der Waals surface area contributed by atoms with Crippen molar-refractivity contribution >= 4 is 33.4 Å². The number of aliphatic hydroxyl groups is 1. The number of likely N-dealkylation sites (tertiary alicyclic amines) is 1. The quantitative estimate of drug-likeness (QED) is 0.226. The minimum atomic E-state index is -0.709. The molecule has 1 heterocycles. The Labute approximate surface area is 197 Å². The number of benzene rings is 2. The molecule has 1 N–H and O–H groups in total. The lowest BCUT2D eigenvalue weighted by atomic mass is 9.95. The Morgan fingerprint density at radius 1 is 1.12 bits per heavy atom. The van der Waals surface area contributed by atoms with Crippen molar-refractivity contribution in [2.45, 2.75) is 32.7 Å². The van der Waals surface area contributed by atoms with E-state index in [9.17, 15) is 14.7 Å². The van der Waals surface area contributed by atoms with E-state index in [0.29, 0.717) is 12.2 Å². The summed E-state index contributed by atoms with van der Waals surface area (Å²) in [4.78, 5) is 27.3. The molecule has 7 heteroatoms. The number of unbranched alkanes of at least 4 members (excludes halogenated alkanes) is 1. The van der Waals surface area contributed by atoms with Gasteiger partial charge in [-0.15, -0.1) is 0 Å². The first kappa shape index (κ1) is 24.0. The Balaban J connectivity index is 2.04. The fourth-order valence-corrected chi connectivity index (χ4v) is 3.92. The predicted molar refractivity (Wildman–Crippen MR) is 127 cm³/mol. The molecule has 1 aliphatic heterocycles. The van der Waals surface area contributed by atoms with Crippen LogP contribution in [0.1, 0.15) is 42.5 Å². The van der Waals surface area contributed by atoms with Crippen molar-refractivity contribution in [1.82, 2.24) is 4.90 Å². The number of halogens is 1. The Bertz CT molecular complexity index is 1020. The molecule has 0 bridgehead atoms. The smallest absolute Gasteiger partial charge is 0.295 e. The van der Waals surface area contributed by atoms with Crippen LogP contribution in [0.15, 0.2) is 52.5 Å². The molecule has 170 valence electrons. The average molecular weight is 502 g/mol. The van der Waals surface area contributed by atoms with Crippen molar-refractivity contribution in [2.75, 3.05) is 26.9 Å². The van der Waals surface area contributed by atoms with E-state index in [1.54, 1.807) is 19.2 Å². The molecule has 3 rings (SSSR count). The molecule has 2 aromatic rings. The summed E-state index contributed by atoms with van der Waals surface area (Å²) in [7, 11) is 1.54. The van der Waals surface area contributed by atoms with Crippen molar-refractivity contribution < 1.29 is 24.2 Å². The lowest BCUT2D eigenvalue weighted by Gasteiger charge is -2.25. The van der Waals surface area contributed by atoms with Gasteiger partial charge in [0, 0.05) is 23.7 Å². The summed E-state index contributed by atoms with van der Waals surface area (Å²) < 4.78 is 11.8. The summed E-state index contributed by atoms with van der Waals surface area (Å²) in [6.07, 6.45) is 2.01. The van der Waals surface area contributed by atoms with Crippen molar-refractivity contribution in [3.05, 3.63) is 69.2 Å². The molecular formula is C25H28BrNO5. The number of aryl methyl sites for hydroxylation is 1. The van der Waals surface area contributed by atoms with Crippen LogP contribution in [-0.2, 0) is 14.3 Å². The Morgan fingerprint density at radius 3 is 2.47 bits per heavy atom. The highest BCUT2D eigenvalue weighted by Gasteiger charge is 2.45. The van der Waals surface area contributed by atoms with Gasteiger partial charge in [-0.3, -0.25) is 9.59 Å². The lowest BCUT2D eigenvalue weighted by Crippen LogP contribution is -2.32. The highest BCUT2D eigenvalue weighted by molar-refractivity contribution is 9.10. The minimum Gasteiger partial charge on any atom is -0.507 e. The lowest BCUT2D eigenvalue weighted by molar-refractivity contribution is -0.140. The van der Waals surface area contributed by atoms with E-state index < -0.39 is 17.7 Å². The van der Waals surface area contributed by atoms with Gasteiger partial charge in [0.25, 0.3) is 11.7 Å². The molecule has 1 amide bonds. The van der Waals surface area contributed by atoms with Gasteiger partial charge in [0.05, 0.1) is 24.8 Å². The van der Waals surface area contributed by atoms with Crippen molar-refractivity contribution in [2.24, 2.45) is 0 Å². The number of Topliss-reactive ketones (excluding diaryl/α,β-unsaturated/α-hetero) is 1. The molecule has 0 spiro atoms. The van der Waals surface area contributed by atoms with Crippen LogP contribution < -0.4 is 4.74 Å². The van der Waals surface area contributed by atoms with Crippen molar-refractivity contribution in [3.63, 3.8) is 0 Å². The predicted octanol–water partition coefficient (Wildman–Crippen LogP) is 5.00. The van der Waals surface area contributed by atoms with E-state index in [2.05, 4.69) is 22.9 Å². The largest absolute Gasteiger partial charge is 0.507 e. The van der Waals surface area contributed by atoms with Crippen LogP contribution in [0.2, 0.25) is 0 Å². The number of carbonyl (C=O) groups excluding carboxylic acids is 2. The first-order valence-corrected chi connectivity index (χ1v) is 11.4. The SMILES string of the molecule is CCCCOc1ccc(C2/C(=C(/O)c3ccc(Br)c(C)c3)C(=O)C(=O)N2CCOC)cc1. The van der Waals surface area contributed by atoms with E-state index in [1.165, 1.54) is 4.90 Å². The van der Waals surface area contributed by atoms with Crippen LogP contribution in [0.3, 0.4) is 0 Å². The molecule has 6 nitrogen and oxygen atoms in total. The van der Waals surface area contributed by atoms with Gasteiger partial charge in [-0.2, -0.15) is 0 Å². The average Bonchev–Trinajstić information content (AvgIpc) is 3.04. The monoisotopic (exact) mass is 501 g/mol. The van der Waals surface area contributed by atoms with Crippen LogP contribution in [0.4, 0.5) is 0 Å². The summed E-state index contributed by atoms with van der Waals surface area (Å²) in [6.45, 7) is 5.14. The summed E-state index contributed by atoms with van der Waals surface area (Å²) in [5.41, 5.74) is 2.19. The molecule has 0 radical (unpaired) electrons. The van der Waals surface area contributed by atoms with E-state index in [4.69, 9.17) is 9.47 Å². The fourth-order valence-electron chi connectivity index (χ4n) is 3.68. The number of hydrogen-bond acceptors (Lipinski definition) is 5. The Morgan fingerprint density at radius 2 is 1.84 bits per heavy atom. The van der Waals surface area contributed by atoms with Gasteiger partial charge >= 0.3 is 0 Å². The van der Waals surface area contributed by atoms with Crippen LogP contribution in [-0.4, -0.2) is 48.6 Å². The molecule has 1 fully saturated rings. The summed E-state index contributed by atoms with van der Waals surface area (Å²) in [5, 5.41) is 11.1. The number of amides is 1. The standard InChI is InChI=1S/C25H28BrNO5/c1-4-5-13-32-19-9-6-17(7-10-19)22-21(24(29)25(30)27(22)12-14-31-3)23(28)18-8-11-20(26)16(2)15-18/h6-11,15,22,28H,4-5,12-14H2,1-3H3/b23-21-. The van der Waals surface area contributed by atoms with E-state index >= 15 is 0 Å². The van der Waals surface area contributed by atoms with Crippen LogP contribution in [0, 0.1) is 6.92 Å². The molecule has 2 aromatic carbocycles. The zero-order valence-corrected chi connectivity index (χ0v) is 20.1. The topological polar surface area (TPSA) is 76.1 Å². The maximum Gasteiger partial charge on any atom is 0.295 e. The number of hydrogen-bond donors (Lipinski definition) is 1. The second kappa shape index (κ2) is 10.8. The van der Waals surface area contributed by atoms with Crippen LogP contribution in [0.25, 0.3) is 5.76 Å². The van der Waals surface area contributed by atoms with Gasteiger partial charge in [0.2, 0.25) is 0 Å². The summed E-state index contributed by atoms with van der Waals surface area (Å²) in [6, 6.07) is 11.9. The molecule has 0 aromatic heterocycles. The number of rotatable bonds is 9. The third kappa shape index (κ3) is 5.05. The first-order valence-electron chi connectivity index (χ1n) is 10.7. The molecule has 1 unspecified atom stereocenters. The minimum absolute atomic E-state index is 0.0764. The molecular weight excluding hydrogens is 474 g/mol. The van der Waals surface area contributed by atoms with Crippen LogP contribution in [0.5, 0.6) is 5.75 Å². The Hall–Kier alpha value is -2.64. The maximum atomic E-state index is 13.0. The van der Waals surface area contributed by atoms with Gasteiger partial charge in [-0.25, -0.2) is 0 Å². The summed E-state index contributed by atoms with van der Waals surface area (Å²) in [5.74, 6) is -0.815. The maximum absolute atomic E-state index is 13.0. The third-order valence-corrected chi connectivity index (χ3v) is 6.36. The third-order valence-electron chi connectivity index (χ3n) is 5.47. The molecule has 32 heavy (non-hydrogen) atoms.